The lowest BCUT2D eigenvalue weighted by Crippen LogP contribution is -2.45. The summed E-state index contributed by atoms with van der Waals surface area (Å²) in [4.78, 5) is 13.8. The van der Waals surface area contributed by atoms with Crippen LogP contribution in [-0.4, -0.2) is 60.5 Å². The monoisotopic (exact) mass is 526 g/mol. The van der Waals surface area contributed by atoms with Gasteiger partial charge in [0.05, 0.1) is 12.2 Å². The van der Waals surface area contributed by atoms with Gasteiger partial charge in [0.25, 0.3) is 0 Å². The molecule has 1 saturated heterocycles. The highest BCUT2D eigenvalue weighted by molar-refractivity contribution is 14.0. The molecule has 1 aliphatic heterocycles. The number of hydrogen-bond donors (Lipinski definition) is 2. The molecule has 30 heavy (non-hydrogen) atoms. The standard InChI is InChI=1S/C22H34N6O.HI/c1-5-27-10-12-28(13-11-27)16-20-9-7-6-8-19(20)14-24-22(23-4)25-15-21-26-17(2)18(3)29-21;/h6-9H,5,10-16H2,1-4H3,(H2,23,24,25);1H. The van der Waals surface area contributed by atoms with Crippen LogP contribution in [-0.2, 0) is 19.6 Å². The molecule has 8 heteroatoms. The summed E-state index contributed by atoms with van der Waals surface area (Å²) in [6, 6.07) is 8.65. The fourth-order valence-electron chi connectivity index (χ4n) is 3.56. The predicted octanol–water partition coefficient (Wildman–Crippen LogP) is 2.91. The average molecular weight is 526 g/mol. The number of oxazole rings is 1. The zero-order chi connectivity index (χ0) is 20.6. The van der Waals surface area contributed by atoms with Gasteiger partial charge in [0.1, 0.15) is 5.76 Å². The van der Waals surface area contributed by atoms with Crippen molar-refractivity contribution < 1.29 is 4.42 Å². The minimum absolute atomic E-state index is 0. The Morgan fingerprint density at radius 2 is 1.67 bits per heavy atom. The quantitative estimate of drug-likeness (QED) is 0.329. The summed E-state index contributed by atoms with van der Waals surface area (Å²) in [5.74, 6) is 2.28. The molecule has 0 saturated carbocycles. The van der Waals surface area contributed by atoms with Gasteiger partial charge in [-0.3, -0.25) is 9.89 Å². The van der Waals surface area contributed by atoms with Crippen LogP contribution in [0.2, 0.25) is 0 Å². The molecular weight excluding hydrogens is 491 g/mol. The number of likely N-dealkylation sites (N-methyl/N-ethyl adjacent to an activating group) is 1. The zero-order valence-corrected chi connectivity index (χ0v) is 20.9. The number of aryl methyl sites for hydroxylation is 2. The van der Waals surface area contributed by atoms with Crippen molar-refractivity contribution in [1.29, 1.82) is 0 Å². The fraction of sp³-hybridized carbons (Fsp3) is 0.545. The first-order valence-corrected chi connectivity index (χ1v) is 10.5. The van der Waals surface area contributed by atoms with Gasteiger partial charge in [-0.2, -0.15) is 0 Å². The SMILES string of the molecule is CCN1CCN(Cc2ccccc2CNC(=NC)NCc2nc(C)c(C)o2)CC1.I. The van der Waals surface area contributed by atoms with E-state index < -0.39 is 0 Å². The first-order chi connectivity index (χ1) is 14.1. The molecule has 1 aromatic carbocycles. The summed E-state index contributed by atoms with van der Waals surface area (Å²) in [6.45, 7) is 14.1. The number of halogens is 1. The maximum absolute atomic E-state index is 5.63. The summed E-state index contributed by atoms with van der Waals surface area (Å²) in [7, 11) is 1.78. The Hall–Kier alpha value is -1.65. The van der Waals surface area contributed by atoms with Gasteiger partial charge in [-0.25, -0.2) is 4.98 Å². The minimum atomic E-state index is 0. The van der Waals surface area contributed by atoms with Crippen LogP contribution >= 0.6 is 24.0 Å². The number of nitrogens with one attached hydrogen (secondary N) is 2. The van der Waals surface area contributed by atoms with Gasteiger partial charge >= 0.3 is 0 Å². The molecule has 2 N–H and O–H groups in total. The van der Waals surface area contributed by atoms with E-state index in [0.29, 0.717) is 12.4 Å². The lowest BCUT2D eigenvalue weighted by Gasteiger charge is -2.34. The average Bonchev–Trinajstić information content (AvgIpc) is 3.07. The summed E-state index contributed by atoms with van der Waals surface area (Å²) < 4.78 is 5.63. The van der Waals surface area contributed by atoms with Crippen molar-refractivity contribution in [1.82, 2.24) is 25.4 Å². The third-order valence-corrected chi connectivity index (χ3v) is 5.57. The number of aliphatic imine (C=N–C) groups is 1. The van der Waals surface area contributed by atoms with Crippen molar-refractivity contribution in [3.8, 4) is 0 Å². The molecule has 0 unspecified atom stereocenters. The number of rotatable bonds is 7. The van der Waals surface area contributed by atoms with E-state index in [4.69, 9.17) is 4.42 Å². The molecule has 1 fully saturated rings. The molecule has 2 aromatic rings. The number of benzene rings is 1. The molecule has 0 spiro atoms. The second-order valence-corrected chi connectivity index (χ2v) is 7.51. The van der Waals surface area contributed by atoms with E-state index in [2.05, 4.69) is 61.6 Å². The van der Waals surface area contributed by atoms with E-state index in [9.17, 15) is 0 Å². The van der Waals surface area contributed by atoms with Crippen molar-refractivity contribution in [2.45, 2.75) is 40.4 Å². The Morgan fingerprint density at radius 1 is 1.03 bits per heavy atom. The number of nitrogens with zero attached hydrogens (tertiary/aromatic N) is 4. The molecule has 7 nitrogen and oxygen atoms in total. The largest absolute Gasteiger partial charge is 0.444 e. The van der Waals surface area contributed by atoms with Crippen molar-refractivity contribution in [2.24, 2.45) is 4.99 Å². The van der Waals surface area contributed by atoms with Gasteiger partial charge in [-0.05, 0) is 31.5 Å². The Bertz CT molecular complexity index is 794. The van der Waals surface area contributed by atoms with Crippen molar-refractivity contribution >= 4 is 29.9 Å². The van der Waals surface area contributed by atoms with Gasteiger partial charge in [0, 0.05) is 46.3 Å². The number of piperazine rings is 1. The van der Waals surface area contributed by atoms with Crippen LogP contribution in [0.4, 0.5) is 0 Å². The molecule has 1 aliphatic rings. The van der Waals surface area contributed by atoms with Gasteiger partial charge < -0.3 is 20.0 Å². The van der Waals surface area contributed by atoms with Crippen LogP contribution in [0.15, 0.2) is 33.7 Å². The van der Waals surface area contributed by atoms with Crippen LogP contribution in [0.5, 0.6) is 0 Å². The second-order valence-electron chi connectivity index (χ2n) is 7.51. The predicted molar refractivity (Wildman–Crippen MR) is 132 cm³/mol. The highest BCUT2D eigenvalue weighted by Gasteiger charge is 2.16. The van der Waals surface area contributed by atoms with Gasteiger partial charge in [-0.15, -0.1) is 24.0 Å². The van der Waals surface area contributed by atoms with Crippen LogP contribution < -0.4 is 10.6 Å². The molecule has 3 rings (SSSR count). The van der Waals surface area contributed by atoms with E-state index in [1.807, 2.05) is 13.8 Å². The number of guanidine groups is 1. The fourth-order valence-corrected chi connectivity index (χ4v) is 3.56. The number of aromatic nitrogens is 1. The molecule has 0 atom stereocenters. The lowest BCUT2D eigenvalue weighted by molar-refractivity contribution is 0.131. The Balaban J connectivity index is 0.00000320. The van der Waals surface area contributed by atoms with Crippen LogP contribution in [0, 0.1) is 13.8 Å². The Kier molecular flexibility index (Phi) is 10.1. The van der Waals surface area contributed by atoms with Crippen LogP contribution in [0.25, 0.3) is 0 Å². The van der Waals surface area contributed by atoms with Gasteiger partial charge in [-0.1, -0.05) is 31.2 Å². The zero-order valence-electron chi connectivity index (χ0n) is 18.6. The van der Waals surface area contributed by atoms with Crippen LogP contribution in [0.3, 0.4) is 0 Å². The van der Waals surface area contributed by atoms with Crippen molar-refractivity contribution in [2.75, 3.05) is 39.8 Å². The third-order valence-electron chi connectivity index (χ3n) is 5.57. The highest BCUT2D eigenvalue weighted by Crippen LogP contribution is 2.14. The summed E-state index contributed by atoms with van der Waals surface area (Å²) in [5, 5.41) is 6.69. The lowest BCUT2D eigenvalue weighted by atomic mass is 10.1. The molecule has 0 radical (unpaired) electrons. The van der Waals surface area contributed by atoms with Crippen molar-refractivity contribution in [3.63, 3.8) is 0 Å². The van der Waals surface area contributed by atoms with Gasteiger partial charge in [0.15, 0.2) is 5.96 Å². The van der Waals surface area contributed by atoms with E-state index in [1.54, 1.807) is 7.05 Å². The van der Waals surface area contributed by atoms with E-state index in [1.165, 1.54) is 11.1 Å². The summed E-state index contributed by atoms with van der Waals surface area (Å²) in [6.07, 6.45) is 0. The molecule has 0 amide bonds. The maximum Gasteiger partial charge on any atom is 0.214 e. The Morgan fingerprint density at radius 3 is 2.27 bits per heavy atom. The smallest absolute Gasteiger partial charge is 0.214 e. The summed E-state index contributed by atoms with van der Waals surface area (Å²) >= 11 is 0. The molecule has 0 bridgehead atoms. The number of hydrogen-bond acceptors (Lipinski definition) is 5. The van der Waals surface area contributed by atoms with E-state index >= 15 is 0 Å². The van der Waals surface area contributed by atoms with Crippen LogP contribution in [0.1, 0.15) is 35.4 Å². The molecule has 0 aliphatic carbocycles. The maximum atomic E-state index is 5.63. The van der Waals surface area contributed by atoms with E-state index in [-0.39, 0.29) is 24.0 Å². The first kappa shape index (κ1) is 24.6. The second kappa shape index (κ2) is 12.3. The third kappa shape index (κ3) is 6.95. The molecule has 2 heterocycles. The van der Waals surface area contributed by atoms with Crippen molar-refractivity contribution in [3.05, 3.63) is 52.7 Å². The normalized spacial score (nSPS) is 15.7. The highest BCUT2D eigenvalue weighted by atomic mass is 127. The minimum Gasteiger partial charge on any atom is -0.444 e. The molecular formula is C22H35IN6O. The van der Waals surface area contributed by atoms with Gasteiger partial charge in [0.2, 0.25) is 5.89 Å². The first-order valence-electron chi connectivity index (χ1n) is 10.5. The summed E-state index contributed by atoms with van der Waals surface area (Å²) in [5.41, 5.74) is 3.61. The Labute approximate surface area is 197 Å². The topological polar surface area (TPSA) is 68.9 Å². The van der Waals surface area contributed by atoms with E-state index in [0.717, 1.165) is 63.2 Å². The molecule has 166 valence electrons. The molecule has 1 aromatic heterocycles.